The van der Waals surface area contributed by atoms with E-state index in [0.29, 0.717) is 11.4 Å². The maximum atomic E-state index is 13.3. The molecule has 0 atom stereocenters. The number of pyridine rings is 1. The minimum absolute atomic E-state index is 0.109. The second kappa shape index (κ2) is 6.17. The highest BCUT2D eigenvalue weighted by atomic mass is 19.1. The number of aromatic nitrogens is 2. The van der Waals surface area contributed by atoms with Crippen LogP contribution >= 0.6 is 0 Å². The van der Waals surface area contributed by atoms with Gasteiger partial charge in [-0.25, -0.2) is 9.18 Å². The number of ether oxygens (including phenoxy) is 2. The summed E-state index contributed by atoms with van der Waals surface area (Å²) in [6.45, 7) is -0.447. The van der Waals surface area contributed by atoms with Crippen molar-refractivity contribution >= 4 is 5.97 Å². The zero-order valence-corrected chi connectivity index (χ0v) is 14.3. The number of carbonyl (C=O) groups excluding carboxylic acids is 1. The molecule has 2 aromatic rings. The van der Waals surface area contributed by atoms with E-state index in [-0.39, 0.29) is 6.54 Å². The summed E-state index contributed by atoms with van der Waals surface area (Å²) in [4.78, 5) is 16.5. The summed E-state index contributed by atoms with van der Waals surface area (Å²) >= 11 is 0. The van der Waals surface area contributed by atoms with Crippen LogP contribution in [0.3, 0.4) is 0 Å². The Balaban J connectivity index is 1.99. The molecule has 1 aliphatic heterocycles. The van der Waals surface area contributed by atoms with Crippen molar-refractivity contribution in [3.63, 3.8) is 0 Å². The van der Waals surface area contributed by atoms with Gasteiger partial charge < -0.3 is 14.0 Å². The lowest BCUT2D eigenvalue weighted by Gasteiger charge is -2.41. The topological polar surface area (TPSA) is 53.4 Å². The molecule has 25 heavy (non-hydrogen) atoms. The third-order valence-corrected chi connectivity index (χ3v) is 5.30. The van der Waals surface area contributed by atoms with Crippen LogP contribution in [-0.4, -0.2) is 29.3 Å². The van der Waals surface area contributed by atoms with Gasteiger partial charge in [0.15, 0.2) is 0 Å². The van der Waals surface area contributed by atoms with E-state index in [4.69, 9.17) is 9.47 Å². The van der Waals surface area contributed by atoms with Gasteiger partial charge in [-0.05, 0) is 37.8 Å². The average Bonchev–Trinajstić information content (AvgIpc) is 3.03. The minimum atomic E-state index is -0.556. The maximum Gasteiger partial charge on any atom is 0.354 e. The molecule has 0 unspecified atom stereocenters. The van der Waals surface area contributed by atoms with Crippen molar-refractivity contribution in [3.8, 4) is 17.0 Å². The van der Waals surface area contributed by atoms with E-state index in [1.165, 1.54) is 13.5 Å². The molecule has 4 rings (SSSR count). The number of nitrogens with zero attached hydrogens (tertiary/aromatic N) is 2. The quantitative estimate of drug-likeness (QED) is 0.794. The van der Waals surface area contributed by atoms with Crippen molar-refractivity contribution < 1.29 is 18.7 Å². The zero-order valence-electron chi connectivity index (χ0n) is 14.3. The van der Waals surface area contributed by atoms with Crippen LogP contribution in [0.15, 0.2) is 24.5 Å². The molecule has 1 aliphatic carbocycles. The zero-order chi connectivity index (χ0) is 17.4. The number of alkyl halides is 1. The summed E-state index contributed by atoms with van der Waals surface area (Å²) in [6.07, 6.45) is 8.47. The van der Waals surface area contributed by atoms with Crippen molar-refractivity contribution in [3.05, 3.63) is 35.8 Å². The molecule has 6 heteroatoms. The van der Waals surface area contributed by atoms with E-state index in [0.717, 1.165) is 42.5 Å². The van der Waals surface area contributed by atoms with Gasteiger partial charge in [-0.15, -0.1) is 0 Å². The van der Waals surface area contributed by atoms with Crippen molar-refractivity contribution in [1.29, 1.82) is 0 Å². The summed E-state index contributed by atoms with van der Waals surface area (Å²) in [6, 6.07) is 3.70. The van der Waals surface area contributed by atoms with Crippen LogP contribution in [0.5, 0.6) is 5.75 Å². The Bertz CT molecular complexity index is 809. The first-order chi connectivity index (χ1) is 12.2. The van der Waals surface area contributed by atoms with Gasteiger partial charge in [-0.3, -0.25) is 4.98 Å². The highest BCUT2D eigenvalue weighted by molar-refractivity contribution is 5.91. The SMILES string of the molecule is COC(=O)c1cc2c(n1CCF)-c1ccncc1OC21CCCCC1. The molecule has 132 valence electrons. The molecule has 0 bridgehead atoms. The van der Waals surface area contributed by atoms with E-state index in [1.54, 1.807) is 17.0 Å². The van der Waals surface area contributed by atoms with E-state index in [2.05, 4.69) is 4.98 Å². The van der Waals surface area contributed by atoms with Gasteiger partial charge >= 0.3 is 5.97 Å². The summed E-state index contributed by atoms with van der Waals surface area (Å²) in [5.74, 6) is 0.246. The van der Waals surface area contributed by atoms with Crippen LogP contribution < -0.4 is 4.74 Å². The lowest BCUT2D eigenvalue weighted by molar-refractivity contribution is 0.0234. The number of hydrogen-bond donors (Lipinski definition) is 0. The molecule has 0 N–H and O–H groups in total. The minimum Gasteiger partial charge on any atom is -0.480 e. The number of carbonyl (C=O) groups is 1. The molecule has 0 amide bonds. The molecular formula is C19H21FN2O3. The van der Waals surface area contributed by atoms with Gasteiger partial charge in [0.25, 0.3) is 0 Å². The Kier molecular flexibility index (Phi) is 3.98. The van der Waals surface area contributed by atoms with Gasteiger partial charge in [0.05, 0.1) is 25.5 Å². The van der Waals surface area contributed by atoms with E-state index >= 15 is 0 Å². The van der Waals surface area contributed by atoms with Crippen LogP contribution in [0.4, 0.5) is 4.39 Å². The molecular weight excluding hydrogens is 323 g/mol. The Morgan fingerprint density at radius 3 is 2.92 bits per heavy atom. The van der Waals surface area contributed by atoms with E-state index in [1.807, 2.05) is 12.1 Å². The Morgan fingerprint density at radius 1 is 1.40 bits per heavy atom. The molecule has 1 fully saturated rings. The van der Waals surface area contributed by atoms with Crippen LogP contribution in [0, 0.1) is 0 Å². The van der Waals surface area contributed by atoms with Gasteiger partial charge in [0.2, 0.25) is 0 Å². The van der Waals surface area contributed by atoms with Crippen molar-refractivity contribution in [1.82, 2.24) is 9.55 Å². The number of fused-ring (bicyclic) bond motifs is 4. The van der Waals surface area contributed by atoms with E-state index < -0.39 is 18.2 Å². The highest BCUT2D eigenvalue weighted by Gasteiger charge is 2.44. The summed E-state index contributed by atoms with van der Waals surface area (Å²) in [5.41, 5.74) is 2.60. The molecule has 2 aromatic heterocycles. The Morgan fingerprint density at radius 2 is 2.20 bits per heavy atom. The number of hydrogen-bond acceptors (Lipinski definition) is 4. The molecule has 0 saturated heterocycles. The molecule has 1 saturated carbocycles. The Labute approximate surface area is 145 Å². The number of methoxy groups -OCH3 is 1. The number of halogens is 1. The standard InChI is InChI=1S/C19H21FN2O3/c1-24-18(23)15-11-14-17(22(15)10-8-20)13-5-9-21-12-16(13)25-19(14)6-3-2-4-7-19/h5,9,11-12H,2-4,6-8,10H2,1H3. The summed E-state index contributed by atoms with van der Waals surface area (Å²) in [5, 5.41) is 0. The lowest BCUT2D eigenvalue weighted by atomic mass is 9.77. The fourth-order valence-corrected chi connectivity index (χ4v) is 4.19. The smallest absolute Gasteiger partial charge is 0.354 e. The van der Waals surface area contributed by atoms with Crippen molar-refractivity contribution in [2.45, 2.75) is 44.2 Å². The monoisotopic (exact) mass is 344 g/mol. The molecule has 1 spiro atoms. The molecule has 2 aliphatic rings. The Hall–Kier alpha value is -2.37. The molecule has 5 nitrogen and oxygen atoms in total. The predicted octanol–water partition coefficient (Wildman–Crippen LogP) is 3.86. The van der Waals surface area contributed by atoms with Gasteiger partial charge in [-0.2, -0.15) is 0 Å². The third kappa shape index (κ3) is 2.42. The van der Waals surface area contributed by atoms with Crippen LogP contribution in [0.2, 0.25) is 0 Å². The highest BCUT2D eigenvalue weighted by Crippen LogP contribution is 2.52. The van der Waals surface area contributed by atoms with Crippen LogP contribution in [-0.2, 0) is 16.9 Å². The third-order valence-electron chi connectivity index (χ3n) is 5.30. The number of rotatable bonds is 3. The first-order valence-electron chi connectivity index (χ1n) is 8.72. The van der Waals surface area contributed by atoms with E-state index in [9.17, 15) is 9.18 Å². The van der Waals surface area contributed by atoms with Crippen molar-refractivity contribution in [2.75, 3.05) is 13.8 Å². The summed E-state index contributed by atoms with van der Waals surface area (Å²) in [7, 11) is 1.35. The van der Waals surface area contributed by atoms with Gasteiger partial charge in [0.1, 0.15) is 23.7 Å². The average molecular weight is 344 g/mol. The fourth-order valence-electron chi connectivity index (χ4n) is 4.19. The summed E-state index contributed by atoms with van der Waals surface area (Å²) < 4.78 is 26.4. The normalized spacial score (nSPS) is 17.5. The molecule has 0 radical (unpaired) electrons. The largest absolute Gasteiger partial charge is 0.480 e. The van der Waals surface area contributed by atoms with Gasteiger partial charge in [-0.1, -0.05) is 6.42 Å². The maximum absolute atomic E-state index is 13.3. The van der Waals surface area contributed by atoms with Gasteiger partial charge in [0, 0.05) is 17.3 Å². The predicted molar refractivity (Wildman–Crippen MR) is 90.4 cm³/mol. The number of esters is 1. The lowest BCUT2D eigenvalue weighted by Crippen LogP contribution is -2.38. The molecule has 3 heterocycles. The van der Waals surface area contributed by atoms with Crippen molar-refractivity contribution in [2.24, 2.45) is 0 Å². The first kappa shape index (κ1) is 16.1. The fraction of sp³-hybridized carbons (Fsp3) is 0.474. The first-order valence-corrected chi connectivity index (χ1v) is 8.72. The van der Waals surface area contributed by atoms with Crippen LogP contribution in [0.1, 0.15) is 48.2 Å². The second-order valence-corrected chi connectivity index (χ2v) is 6.65. The second-order valence-electron chi connectivity index (χ2n) is 6.65. The molecule has 0 aromatic carbocycles. The van der Waals surface area contributed by atoms with Crippen LogP contribution in [0.25, 0.3) is 11.3 Å².